The van der Waals surface area contributed by atoms with Gasteiger partial charge in [0.05, 0.1) is 17.4 Å². The number of carbonyl (C=O) groups is 3. The number of aromatic carboxylic acids is 1. The summed E-state index contributed by atoms with van der Waals surface area (Å²) in [6.45, 7) is 2.09. The topological polar surface area (TPSA) is 114 Å². The second kappa shape index (κ2) is 13.5. The first kappa shape index (κ1) is 27.7. The van der Waals surface area contributed by atoms with E-state index in [1.165, 1.54) is 6.07 Å². The fourth-order valence-corrected chi connectivity index (χ4v) is 4.52. The normalized spacial score (nSPS) is 16.6. The Hall–Kier alpha value is -4.33. The van der Waals surface area contributed by atoms with Gasteiger partial charge in [-0.15, -0.1) is 0 Å². The van der Waals surface area contributed by atoms with Crippen LogP contribution in [0.15, 0.2) is 72.8 Å². The third-order valence-electron chi connectivity index (χ3n) is 6.68. The number of rotatable bonds is 11. The molecule has 0 atom stereocenters. The Balaban J connectivity index is 1.24. The molecule has 0 radical (unpaired) electrons. The van der Waals surface area contributed by atoms with E-state index in [-0.39, 0.29) is 29.3 Å². The highest BCUT2D eigenvalue weighted by atomic mass is 16.5. The number of ether oxygens (including phenoxy) is 2. The molecule has 3 aromatic carbocycles. The van der Waals surface area contributed by atoms with Crippen LogP contribution in [0.1, 0.15) is 72.6 Å². The van der Waals surface area contributed by atoms with Crippen LogP contribution in [0.25, 0.3) is 0 Å². The number of carboxylic acids is 1. The summed E-state index contributed by atoms with van der Waals surface area (Å²) in [7, 11) is 0. The van der Waals surface area contributed by atoms with Gasteiger partial charge in [-0.25, -0.2) is 4.79 Å². The predicted octanol–water partition coefficient (Wildman–Crippen LogP) is 6.43. The summed E-state index contributed by atoms with van der Waals surface area (Å²) < 4.78 is 12.0. The van der Waals surface area contributed by atoms with E-state index in [2.05, 4.69) is 17.6 Å². The summed E-state index contributed by atoms with van der Waals surface area (Å²) in [4.78, 5) is 35.9. The lowest BCUT2D eigenvalue weighted by Gasteiger charge is -2.29. The van der Waals surface area contributed by atoms with Crippen molar-refractivity contribution in [2.24, 2.45) is 0 Å². The van der Waals surface area contributed by atoms with Gasteiger partial charge in [-0.1, -0.05) is 25.5 Å². The van der Waals surface area contributed by atoms with Crippen molar-refractivity contribution in [3.63, 3.8) is 0 Å². The standard InChI is InChI=1S/C31H34N2O6/c1-2-3-8-29(34)32-22-11-15-24(16-12-22)39-26-19-17-25(18-20-26)38-23-13-9-21(10-14-23)30(35)33-28-7-5-4-6-27(28)31(36)37/h4-7,9-10,13-14,17-20,22,24H,2-3,8,11-12,15-16H2,1H3,(H,32,34)(H,33,35)(H,36,37). The van der Waals surface area contributed by atoms with Crippen molar-refractivity contribution >= 4 is 23.5 Å². The highest BCUT2D eigenvalue weighted by Gasteiger charge is 2.23. The lowest BCUT2D eigenvalue weighted by molar-refractivity contribution is -0.122. The van der Waals surface area contributed by atoms with Crippen LogP contribution in [-0.4, -0.2) is 35.0 Å². The van der Waals surface area contributed by atoms with Crippen LogP contribution < -0.4 is 20.1 Å². The van der Waals surface area contributed by atoms with Crippen LogP contribution in [0.2, 0.25) is 0 Å². The molecular weight excluding hydrogens is 496 g/mol. The molecule has 0 heterocycles. The molecule has 8 nitrogen and oxygen atoms in total. The first-order chi connectivity index (χ1) is 18.9. The molecule has 4 rings (SSSR count). The van der Waals surface area contributed by atoms with Crippen molar-refractivity contribution in [3.8, 4) is 17.2 Å². The first-order valence-electron chi connectivity index (χ1n) is 13.4. The number of benzene rings is 3. The van der Waals surface area contributed by atoms with E-state index in [1.807, 2.05) is 24.3 Å². The maximum atomic E-state index is 12.6. The lowest BCUT2D eigenvalue weighted by Crippen LogP contribution is -2.39. The number of carboxylic acid groups (broad SMARTS) is 1. The van der Waals surface area contributed by atoms with Crippen molar-refractivity contribution in [3.05, 3.63) is 83.9 Å². The zero-order valence-corrected chi connectivity index (χ0v) is 22.0. The largest absolute Gasteiger partial charge is 0.490 e. The maximum absolute atomic E-state index is 12.6. The molecule has 0 spiro atoms. The summed E-state index contributed by atoms with van der Waals surface area (Å²) >= 11 is 0. The Morgan fingerprint density at radius 1 is 0.846 bits per heavy atom. The Labute approximate surface area is 228 Å². The smallest absolute Gasteiger partial charge is 0.337 e. The monoisotopic (exact) mass is 530 g/mol. The molecular formula is C31H34N2O6. The third-order valence-corrected chi connectivity index (χ3v) is 6.68. The first-order valence-corrected chi connectivity index (χ1v) is 13.4. The fraction of sp³-hybridized carbons (Fsp3) is 0.323. The van der Waals surface area contributed by atoms with Crippen LogP contribution in [0.4, 0.5) is 5.69 Å². The van der Waals surface area contributed by atoms with Crippen molar-refractivity contribution in [2.45, 2.75) is 64.0 Å². The van der Waals surface area contributed by atoms with Crippen LogP contribution in [0.3, 0.4) is 0 Å². The lowest BCUT2D eigenvalue weighted by atomic mass is 9.92. The van der Waals surface area contributed by atoms with Gasteiger partial charge in [0, 0.05) is 18.0 Å². The molecule has 1 aliphatic carbocycles. The highest BCUT2D eigenvalue weighted by molar-refractivity contribution is 6.07. The summed E-state index contributed by atoms with van der Waals surface area (Å²) in [5, 5.41) is 15.1. The zero-order valence-electron chi connectivity index (χ0n) is 22.0. The summed E-state index contributed by atoms with van der Waals surface area (Å²) in [5.41, 5.74) is 0.638. The predicted molar refractivity (Wildman–Crippen MR) is 149 cm³/mol. The minimum atomic E-state index is -1.11. The molecule has 2 amide bonds. The van der Waals surface area contributed by atoms with Gasteiger partial charge in [0.15, 0.2) is 0 Å². The Bertz CT molecular complexity index is 1260. The number of unbranched alkanes of at least 4 members (excludes halogenated alkanes) is 1. The van der Waals surface area contributed by atoms with Crippen molar-refractivity contribution < 1.29 is 29.0 Å². The number of anilines is 1. The average molecular weight is 531 g/mol. The second-order valence-electron chi connectivity index (χ2n) is 9.67. The van der Waals surface area contributed by atoms with Crippen LogP contribution in [0, 0.1) is 0 Å². The second-order valence-corrected chi connectivity index (χ2v) is 9.67. The molecule has 0 saturated heterocycles. The average Bonchev–Trinajstić information content (AvgIpc) is 2.94. The molecule has 1 aliphatic rings. The van der Waals surface area contributed by atoms with Crippen molar-refractivity contribution in [1.29, 1.82) is 0 Å². The van der Waals surface area contributed by atoms with E-state index in [4.69, 9.17) is 9.47 Å². The van der Waals surface area contributed by atoms with E-state index < -0.39 is 11.9 Å². The van der Waals surface area contributed by atoms with Gasteiger partial charge in [-0.05, 0) is 92.8 Å². The molecule has 0 bridgehead atoms. The summed E-state index contributed by atoms with van der Waals surface area (Å²) in [5.74, 6) is 0.591. The SMILES string of the molecule is CCCCC(=O)NC1CCC(Oc2ccc(Oc3ccc(C(=O)Nc4ccccc4C(=O)O)cc3)cc2)CC1. The van der Waals surface area contributed by atoms with Crippen molar-refractivity contribution in [1.82, 2.24) is 5.32 Å². The summed E-state index contributed by atoms with van der Waals surface area (Å²) in [6.07, 6.45) is 6.32. The third kappa shape index (κ3) is 8.07. The van der Waals surface area contributed by atoms with Crippen LogP contribution in [0.5, 0.6) is 17.2 Å². The Morgan fingerprint density at radius 2 is 1.46 bits per heavy atom. The van der Waals surface area contributed by atoms with E-state index in [9.17, 15) is 19.5 Å². The number of amides is 2. The molecule has 3 aromatic rings. The van der Waals surface area contributed by atoms with Crippen molar-refractivity contribution in [2.75, 3.05) is 5.32 Å². The number of para-hydroxylation sites is 1. The Morgan fingerprint density at radius 3 is 2.10 bits per heavy atom. The van der Waals surface area contributed by atoms with E-state index in [1.54, 1.807) is 42.5 Å². The summed E-state index contributed by atoms with van der Waals surface area (Å²) in [6, 6.07) is 20.5. The molecule has 39 heavy (non-hydrogen) atoms. The Kier molecular flexibility index (Phi) is 9.56. The van der Waals surface area contributed by atoms with Gasteiger partial charge >= 0.3 is 5.97 Å². The van der Waals surface area contributed by atoms with Crippen LogP contribution in [-0.2, 0) is 4.79 Å². The molecule has 1 fully saturated rings. The number of carbonyl (C=O) groups excluding carboxylic acids is 2. The molecule has 1 saturated carbocycles. The maximum Gasteiger partial charge on any atom is 0.337 e. The molecule has 0 aliphatic heterocycles. The van der Waals surface area contributed by atoms with Gasteiger partial charge in [0.1, 0.15) is 17.2 Å². The zero-order chi connectivity index (χ0) is 27.6. The molecule has 8 heteroatoms. The molecule has 0 aromatic heterocycles. The van der Waals surface area contributed by atoms with Gasteiger partial charge in [-0.2, -0.15) is 0 Å². The van der Waals surface area contributed by atoms with Gasteiger partial charge in [0.2, 0.25) is 5.91 Å². The number of hydrogen-bond acceptors (Lipinski definition) is 5. The quantitative estimate of drug-likeness (QED) is 0.263. The van der Waals surface area contributed by atoms with Gasteiger partial charge in [0.25, 0.3) is 5.91 Å². The van der Waals surface area contributed by atoms with Gasteiger partial charge < -0.3 is 25.2 Å². The molecule has 0 unspecified atom stereocenters. The minimum absolute atomic E-state index is 0.0252. The van der Waals surface area contributed by atoms with E-state index in [0.29, 0.717) is 23.5 Å². The minimum Gasteiger partial charge on any atom is -0.490 e. The highest BCUT2D eigenvalue weighted by Crippen LogP contribution is 2.28. The fourth-order valence-electron chi connectivity index (χ4n) is 4.52. The number of hydrogen-bond donors (Lipinski definition) is 3. The van der Waals surface area contributed by atoms with Gasteiger partial charge in [-0.3, -0.25) is 9.59 Å². The van der Waals surface area contributed by atoms with E-state index in [0.717, 1.165) is 44.3 Å². The molecule has 204 valence electrons. The number of nitrogens with one attached hydrogen (secondary N) is 2. The molecule has 3 N–H and O–H groups in total. The van der Waals surface area contributed by atoms with Crippen LogP contribution >= 0.6 is 0 Å². The van der Waals surface area contributed by atoms with E-state index >= 15 is 0 Å².